The summed E-state index contributed by atoms with van der Waals surface area (Å²) in [4.78, 5) is 12.3. The summed E-state index contributed by atoms with van der Waals surface area (Å²) in [6.45, 7) is 4.37. The fourth-order valence-corrected chi connectivity index (χ4v) is 2.91. The molecular formula is C21H20O3. The van der Waals surface area contributed by atoms with Crippen LogP contribution >= 0.6 is 0 Å². The molecule has 0 N–H and O–H groups in total. The van der Waals surface area contributed by atoms with Crippen molar-refractivity contribution in [3.63, 3.8) is 0 Å². The van der Waals surface area contributed by atoms with E-state index in [2.05, 4.69) is 13.0 Å². The van der Waals surface area contributed by atoms with Crippen molar-refractivity contribution < 1.29 is 14.3 Å². The molecule has 0 fully saturated rings. The molecular weight excluding hydrogens is 300 g/mol. The Labute approximate surface area is 141 Å². The van der Waals surface area contributed by atoms with Gasteiger partial charge in [-0.25, -0.2) is 4.79 Å². The predicted octanol–water partition coefficient (Wildman–Crippen LogP) is 4.82. The highest BCUT2D eigenvalue weighted by atomic mass is 16.5. The van der Waals surface area contributed by atoms with E-state index in [1.165, 1.54) is 7.11 Å². The lowest BCUT2D eigenvalue weighted by atomic mass is 9.97. The normalized spacial score (nSPS) is 10.6. The number of hydrogen-bond donors (Lipinski definition) is 0. The summed E-state index contributed by atoms with van der Waals surface area (Å²) in [5.74, 6) is 0.211. The minimum Gasteiger partial charge on any atom is -0.487 e. The molecule has 0 bridgehead atoms. The van der Waals surface area contributed by atoms with E-state index in [0.717, 1.165) is 27.5 Å². The molecule has 3 nitrogen and oxygen atoms in total. The van der Waals surface area contributed by atoms with Gasteiger partial charge in [0.05, 0.1) is 7.11 Å². The topological polar surface area (TPSA) is 35.5 Å². The predicted molar refractivity (Wildman–Crippen MR) is 95.5 cm³/mol. The average molecular weight is 320 g/mol. The highest BCUT2D eigenvalue weighted by molar-refractivity contribution is 6.03. The van der Waals surface area contributed by atoms with Crippen LogP contribution < -0.4 is 4.74 Å². The van der Waals surface area contributed by atoms with Crippen LogP contribution in [0.2, 0.25) is 0 Å². The molecule has 0 heterocycles. The van der Waals surface area contributed by atoms with Crippen molar-refractivity contribution in [1.29, 1.82) is 0 Å². The Hall–Kier alpha value is -2.81. The van der Waals surface area contributed by atoms with Gasteiger partial charge in [-0.15, -0.1) is 0 Å². The van der Waals surface area contributed by atoms with Crippen LogP contribution in [0.25, 0.3) is 10.8 Å². The number of rotatable bonds is 4. The van der Waals surface area contributed by atoms with Gasteiger partial charge in [0.2, 0.25) is 0 Å². The van der Waals surface area contributed by atoms with E-state index in [1.54, 1.807) is 0 Å². The van der Waals surface area contributed by atoms with Gasteiger partial charge in [0.15, 0.2) is 0 Å². The second-order valence-corrected chi connectivity index (χ2v) is 5.83. The molecule has 3 rings (SSSR count). The van der Waals surface area contributed by atoms with Crippen LogP contribution in [0.4, 0.5) is 0 Å². The first-order chi connectivity index (χ1) is 11.6. The number of esters is 1. The molecule has 0 radical (unpaired) electrons. The minimum atomic E-state index is -0.376. The van der Waals surface area contributed by atoms with Crippen molar-refractivity contribution >= 4 is 16.7 Å². The van der Waals surface area contributed by atoms with Gasteiger partial charge < -0.3 is 9.47 Å². The summed E-state index contributed by atoms with van der Waals surface area (Å²) < 4.78 is 11.1. The van der Waals surface area contributed by atoms with Crippen LogP contribution in [-0.4, -0.2) is 13.1 Å². The van der Waals surface area contributed by atoms with Crippen LogP contribution in [0, 0.1) is 13.8 Å². The van der Waals surface area contributed by atoms with E-state index < -0.39 is 0 Å². The van der Waals surface area contributed by atoms with Gasteiger partial charge in [-0.3, -0.25) is 0 Å². The van der Waals surface area contributed by atoms with E-state index in [9.17, 15) is 4.79 Å². The maximum atomic E-state index is 12.3. The van der Waals surface area contributed by atoms with Crippen molar-refractivity contribution in [2.45, 2.75) is 20.5 Å². The Balaban J connectivity index is 2.14. The zero-order chi connectivity index (χ0) is 17.1. The lowest BCUT2D eigenvalue weighted by Gasteiger charge is -2.16. The second kappa shape index (κ2) is 6.75. The van der Waals surface area contributed by atoms with Gasteiger partial charge in [-0.1, -0.05) is 54.6 Å². The van der Waals surface area contributed by atoms with Gasteiger partial charge in [0.1, 0.15) is 17.9 Å². The van der Waals surface area contributed by atoms with Crippen LogP contribution in [0.15, 0.2) is 54.6 Å². The fraction of sp³-hybridized carbons (Fsp3) is 0.190. The molecule has 3 aromatic rings. The molecule has 0 spiro atoms. The Morgan fingerprint density at radius 1 is 0.917 bits per heavy atom. The third kappa shape index (κ3) is 2.98. The Bertz CT molecular complexity index is 882. The number of carbonyl (C=O) groups is 1. The summed E-state index contributed by atoms with van der Waals surface area (Å²) in [5, 5.41) is 2.02. The molecule has 0 saturated heterocycles. The molecule has 0 aliphatic carbocycles. The minimum absolute atomic E-state index is 0.376. The third-order valence-corrected chi connectivity index (χ3v) is 4.17. The summed E-state index contributed by atoms with van der Waals surface area (Å²) in [6, 6.07) is 17.9. The fourth-order valence-electron chi connectivity index (χ4n) is 2.91. The number of hydrogen-bond acceptors (Lipinski definition) is 3. The van der Waals surface area contributed by atoms with E-state index in [0.29, 0.717) is 17.9 Å². The summed E-state index contributed by atoms with van der Waals surface area (Å²) in [6.07, 6.45) is 0. The first kappa shape index (κ1) is 16.1. The van der Waals surface area contributed by atoms with Crippen molar-refractivity contribution in [1.82, 2.24) is 0 Å². The van der Waals surface area contributed by atoms with Crippen LogP contribution in [0.5, 0.6) is 5.75 Å². The molecule has 24 heavy (non-hydrogen) atoms. The summed E-state index contributed by atoms with van der Waals surface area (Å²) >= 11 is 0. The van der Waals surface area contributed by atoms with Crippen LogP contribution in [0.1, 0.15) is 27.0 Å². The number of methoxy groups -OCH3 is 1. The van der Waals surface area contributed by atoms with Gasteiger partial charge in [-0.2, -0.15) is 0 Å². The zero-order valence-electron chi connectivity index (χ0n) is 14.1. The first-order valence-electron chi connectivity index (χ1n) is 7.89. The number of ether oxygens (including phenoxy) is 2. The Morgan fingerprint density at radius 3 is 2.38 bits per heavy atom. The smallest absolute Gasteiger partial charge is 0.341 e. The molecule has 122 valence electrons. The summed E-state index contributed by atoms with van der Waals surface area (Å²) in [5.41, 5.74) is 3.55. The molecule has 0 aliphatic rings. The highest BCUT2D eigenvalue weighted by Gasteiger charge is 2.20. The Morgan fingerprint density at radius 2 is 1.67 bits per heavy atom. The highest BCUT2D eigenvalue weighted by Crippen LogP contribution is 2.35. The van der Waals surface area contributed by atoms with Crippen molar-refractivity contribution in [2.24, 2.45) is 0 Å². The van der Waals surface area contributed by atoms with Gasteiger partial charge in [-0.05, 0) is 35.9 Å². The van der Waals surface area contributed by atoms with Gasteiger partial charge in [0.25, 0.3) is 0 Å². The molecule has 0 aromatic heterocycles. The van der Waals surface area contributed by atoms with Crippen molar-refractivity contribution in [3.05, 3.63) is 76.9 Å². The largest absolute Gasteiger partial charge is 0.487 e. The summed E-state index contributed by atoms with van der Waals surface area (Å²) in [7, 11) is 1.39. The molecule has 0 atom stereocenters. The standard InChI is InChI=1S/C21H20O3/c1-14-8-7-11-17-18(14)12-15(2)19(21(22)23-3)20(17)24-13-16-9-5-4-6-10-16/h4-12H,13H2,1-3H3. The van der Waals surface area contributed by atoms with Crippen LogP contribution in [0.3, 0.4) is 0 Å². The second-order valence-electron chi connectivity index (χ2n) is 5.83. The molecule has 0 aliphatic heterocycles. The molecule has 3 heteroatoms. The Kier molecular flexibility index (Phi) is 4.52. The average Bonchev–Trinajstić information content (AvgIpc) is 2.60. The van der Waals surface area contributed by atoms with Crippen molar-refractivity contribution in [2.75, 3.05) is 7.11 Å². The van der Waals surface area contributed by atoms with E-state index in [-0.39, 0.29) is 5.97 Å². The van der Waals surface area contributed by atoms with Gasteiger partial charge in [0, 0.05) is 5.39 Å². The number of aryl methyl sites for hydroxylation is 2. The molecule has 0 unspecified atom stereocenters. The zero-order valence-corrected chi connectivity index (χ0v) is 14.1. The van der Waals surface area contributed by atoms with E-state index in [1.807, 2.05) is 55.5 Å². The van der Waals surface area contributed by atoms with Crippen molar-refractivity contribution in [3.8, 4) is 5.75 Å². The molecule has 0 amide bonds. The maximum absolute atomic E-state index is 12.3. The lowest BCUT2D eigenvalue weighted by Crippen LogP contribution is -2.09. The van der Waals surface area contributed by atoms with E-state index >= 15 is 0 Å². The third-order valence-electron chi connectivity index (χ3n) is 4.17. The number of carbonyl (C=O) groups excluding carboxylic acids is 1. The van der Waals surface area contributed by atoms with Gasteiger partial charge >= 0.3 is 5.97 Å². The quantitative estimate of drug-likeness (QED) is 0.646. The first-order valence-corrected chi connectivity index (χ1v) is 7.89. The molecule has 3 aromatic carbocycles. The monoisotopic (exact) mass is 320 g/mol. The van der Waals surface area contributed by atoms with E-state index in [4.69, 9.17) is 9.47 Å². The van der Waals surface area contributed by atoms with Crippen LogP contribution in [-0.2, 0) is 11.3 Å². The maximum Gasteiger partial charge on any atom is 0.341 e. The number of benzene rings is 3. The lowest BCUT2D eigenvalue weighted by molar-refractivity contribution is 0.0595. The SMILES string of the molecule is COC(=O)c1c(C)cc2c(C)cccc2c1OCc1ccccc1. The molecule has 0 saturated carbocycles. The number of fused-ring (bicyclic) bond motifs is 1.